The molecule has 1 atom stereocenters. The topological polar surface area (TPSA) is 46.9 Å². The van der Waals surface area contributed by atoms with E-state index in [-0.39, 0.29) is 5.91 Å². The number of nitrogens with zero attached hydrogens (tertiary/aromatic N) is 2. The first kappa shape index (κ1) is 17.1. The van der Waals surface area contributed by atoms with Crippen molar-refractivity contribution in [3.05, 3.63) is 52.3 Å². The quantitative estimate of drug-likeness (QED) is 0.938. The highest BCUT2D eigenvalue weighted by Gasteiger charge is 2.31. The number of carbonyl (C=O) groups is 1. The molecular formula is C16H18F3N3O. The SMILES string of the molecule is Cc1nn(C)c(C)c1C(=O)N[C@H](C)c1cccc(C(F)(F)F)c1. The molecule has 0 saturated carbocycles. The number of rotatable bonds is 3. The van der Waals surface area contributed by atoms with Crippen LogP contribution in [0.15, 0.2) is 24.3 Å². The fraction of sp³-hybridized carbons (Fsp3) is 0.375. The van der Waals surface area contributed by atoms with Crippen LogP contribution >= 0.6 is 0 Å². The summed E-state index contributed by atoms with van der Waals surface area (Å²) in [6.45, 7) is 5.13. The van der Waals surface area contributed by atoms with Gasteiger partial charge in [0.2, 0.25) is 0 Å². The van der Waals surface area contributed by atoms with Gasteiger partial charge in [0.05, 0.1) is 22.9 Å². The van der Waals surface area contributed by atoms with E-state index in [4.69, 9.17) is 0 Å². The number of amides is 1. The third-order valence-electron chi connectivity index (χ3n) is 3.80. The number of aromatic nitrogens is 2. The molecule has 2 rings (SSSR count). The van der Waals surface area contributed by atoms with Crippen LogP contribution in [0.1, 0.15) is 45.8 Å². The molecular weight excluding hydrogens is 307 g/mol. The van der Waals surface area contributed by atoms with Gasteiger partial charge in [0.15, 0.2) is 0 Å². The third kappa shape index (κ3) is 3.55. The average Bonchev–Trinajstić information content (AvgIpc) is 2.71. The van der Waals surface area contributed by atoms with Crippen molar-refractivity contribution in [1.82, 2.24) is 15.1 Å². The van der Waals surface area contributed by atoms with Crippen LogP contribution < -0.4 is 5.32 Å². The highest BCUT2D eigenvalue weighted by atomic mass is 19.4. The van der Waals surface area contributed by atoms with E-state index >= 15 is 0 Å². The summed E-state index contributed by atoms with van der Waals surface area (Å²) in [7, 11) is 1.73. The number of carbonyl (C=O) groups excluding carboxylic acids is 1. The highest BCUT2D eigenvalue weighted by Crippen LogP contribution is 2.30. The first-order valence-electron chi connectivity index (χ1n) is 7.09. The second-order valence-corrected chi connectivity index (χ2v) is 5.49. The summed E-state index contributed by atoms with van der Waals surface area (Å²) in [5, 5.41) is 6.89. The van der Waals surface area contributed by atoms with E-state index in [9.17, 15) is 18.0 Å². The normalized spacial score (nSPS) is 13.0. The molecule has 0 fully saturated rings. The Balaban J connectivity index is 2.22. The van der Waals surface area contributed by atoms with Gasteiger partial charge in [0.1, 0.15) is 0 Å². The first-order valence-corrected chi connectivity index (χ1v) is 7.09. The maximum absolute atomic E-state index is 12.8. The largest absolute Gasteiger partial charge is 0.416 e. The smallest absolute Gasteiger partial charge is 0.345 e. The fourth-order valence-corrected chi connectivity index (χ4v) is 2.44. The van der Waals surface area contributed by atoms with Crippen LogP contribution in [-0.4, -0.2) is 15.7 Å². The zero-order chi connectivity index (χ0) is 17.4. The van der Waals surface area contributed by atoms with Crippen molar-refractivity contribution in [3.63, 3.8) is 0 Å². The molecule has 0 radical (unpaired) electrons. The molecule has 7 heteroatoms. The lowest BCUT2D eigenvalue weighted by atomic mass is 10.0. The lowest BCUT2D eigenvalue weighted by molar-refractivity contribution is -0.137. The molecule has 124 valence electrons. The minimum Gasteiger partial charge on any atom is -0.345 e. The molecule has 0 unspecified atom stereocenters. The van der Waals surface area contributed by atoms with Gasteiger partial charge in [-0.1, -0.05) is 12.1 Å². The molecule has 4 nitrogen and oxygen atoms in total. The van der Waals surface area contributed by atoms with Crippen LogP contribution in [0.5, 0.6) is 0 Å². The van der Waals surface area contributed by atoms with Gasteiger partial charge >= 0.3 is 6.18 Å². The summed E-state index contributed by atoms with van der Waals surface area (Å²) in [6.07, 6.45) is -4.41. The minimum atomic E-state index is -4.41. The van der Waals surface area contributed by atoms with Crippen molar-refractivity contribution in [2.75, 3.05) is 0 Å². The monoisotopic (exact) mass is 325 g/mol. The molecule has 0 aliphatic rings. The third-order valence-corrected chi connectivity index (χ3v) is 3.80. The predicted molar refractivity (Wildman–Crippen MR) is 80.0 cm³/mol. The van der Waals surface area contributed by atoms with Crippen molar-refractivity contribution in [1.29, 1.82) is 0 Å². The Morgan fingerprint density at radius 1 is 1.30 bits per heavy atom. The molecule has 0 bridgehead atoms. The molecule has 23 heavy (non-hydrogen) atoms. The summed E-state index contributed by atoms with van der Waals surface area (Å²) in [5.74, 6) is -0.349. The summed E-state index contributed by atoms with van der Waals surface area (Å²) in [6, 6.07) is 4.40. The zero-order valence-corrected chi connectivity index (χ0v) is 13.3. The van der Waals surface area contributed by atoms with Gasteiger partial charge in [-0.2, -0.15) is 18.3 Å². The summed E-state index contributed by atoms with van der Waals surface area (Å²) >= 11 is 0. The summed E-state index contributed by atoms with van der Waals surface area (Å²) in [5.41, 5.74) is 1.40. The van der Waals surface area contributed by atoms with Crippen LogP contribution in [0.3, 0.4) is 0 Å². The molecule has 1 aromatic carbocycles. The Hall–Kier alpha value is -2.31. The van der Waals surface area contributed by atoms with Gasteiger partial charge in [-0.25, -0.2) is 0 Å². The van der Waals surface area contributed by atoms with Crippen LogP contribution in [-0.2, 0) is 13.2 Å². The maximum Gasteiger partial charge on any atom is 0.416 e. The number of hydrogen-bond acceptors (Lipinski definition) is 2. The number of alkyl halides is 3. The molecule has 1 heterocycles. The minimum absolute atomic E-state index is 0.349. The van der Waals surface area contributed by atoms with Crippen LogP contribution in [0.4, 0.5) is 13.2 Å². The summed E-state index contributed by atoms with van der Waals surface area (Å²) < 4.78 is 39.9. The standard InChI is InChI=1S/C16H18F3N3O/c1-9(12-6-5-7-13(8-12)16(17,18)19)20-15(23)14-10(2)21-22(4)11(14)3/h5-9H,1-4H3,(H,20,23)/t9-/m1/s1. The number of nitrogens with one attached hydrogen (secondary N) is 1. The number of hydrogen-bond donors (Lipinski definition) is 1. The van der Waals surface area contributed by atoms with E-state index in [1.54, 1.807) is 38.6 Å². The molecule has 1 N–H and O–H groups in total. The van der Waals surface area contributed by atoms with Gasteiger partial charge in [-0.05, 0) is 38.5 Å². The molecule has 1 amide bonds. The van der Waals surface area contributed by atoms with Gasteiger partial charge in [0.25, 0.3) is 5.91 Å². The molecule has 2 aromatic rings. The molecule has 0 spiro atoms. The van der Waals surface area contributed by atoms with Gasteiger partial charge in [0, 0.05) is 12.7 Å². The first-order chi connectivity index (χ1) is 10.6. The van der Waals surface area contributed by atoms with Crippen LogP contribution in [0.25, 0.3) is 0 Å². The van der Waals surface area contributed by atoms with Crippen molar-refractivity contribution in [2.45, 2.75) is 33.0 Å². The molecule has 0 aliphatic heterocycles. The average molecular weight is 325 g/mol. The molecule has 0 saturated heterocycles. The Morgan fingerprint density at radius 3 is 2.48 bits per heavy atom. The van der Waals surface area contributed by atoms with Crippen LogP contribution in [0.2, 0.25) is 0 Å². The van der Waals surface area contributed by atoms with E-state index in [0.717, 1.165) is 12.1 Å². The molecule has 0 aliphatic carbocycles. The Morgan fingerprint density at radius 2 is 1.96 bits per heavy atom. The zero-order valence-electron chi connectivity index (χ0n) is 13.3. The lowest BCUT2D eigenvalue weighted by Gasteiger charge is -2.16. The fourth-order valence-electron chi connectivity index (χ4n) is 2.44. The number of halogens is 3. The van der Waals surface area contributed by atoms with Crippen molar-refractivity contribution >= 4 is 5.91 Å². The van der Waals surface area contributed by atoms with Gasteiger partial charge < -0.3 is 5.32 Å². The lowest BCUT2D eigenvalue weighted by Crippen LogP contribution is -2.27. The summed E-state index contributed by atoms with van der Waals surface area (Å²) in [4.78, 5) is 12.4. The Bertz CT molecular complexity index is 735. The van der Waals surface area contributed by atoms with E-state index in [2.05, 4.69) is 10.4 Å². The van der Waals surface area contributed by atoms with Crippen LogP contribution in [0, 0.1) is 13.8 Å². The van der Waals surface area contributed by atoms with E-state index < -0.39 is 17.8 Å². The highest BCUT2D eigenvalue weighted by molar-refractivity contribution is 5.96. The van der Waals surface area contributed by atoms with Crippen molar-refractivity contribution in [3.8, 4) is 0 Å². The maximum atomic E-state index is 12.8. The Labute approximate surface area is 132 Å². The predicted octanol–water partition coefficient (Wildman–Crippen LogP) is 3.55. The van der Waals surface area contributed by atoms with E-state index in [1.165, 1.54) is 6.07 Å². The van der Waals surface area contributed by atoms with Crippen molar-refractivity contribution in [2.24, 2.45) is 7.05 Å². The van der Waals surface area contributed by atoms with Gasteiger partial charge in [-0.3, -0.25) is 9.48 Å². The number of aryl methyl sites for hydroxylation is 2. The van der Waals surface area contributed by atoms with Crippen molar-refractivity contribution < 1.29 is 18.0 Å². The van der Waals surface area contributed by atoms with E-state index in [0.29, 0.717) is 22.5 Å². The Kier molecular flexibility index (Phi) is 4.49. The van der Waals surface area contributed by atoms with Gasteiger partial charge in [-0.15, -0.1) is 0 Å². The van der Waals surface area contributed by atoms with E-state index in [1.807, 2.05) is 0 Å². The molecule has 1 aromatic heterocycles. The number of benzene rings is 1. The second-order valence-electron chi connectivity index (χ2n) is 5.49. The second kappa shape index (κ2) is 6.06.